The molecule has 0 aromatic heterocycles. The third-order valence-corrected chi connectivity index (χ3v) is 1.75. The average Bonchev–Trinajstić information content (AvgIpc) is 2.19. The van der Waals surface area contributed by atoms with Gasteiger partial charge < -0.3 is 5.53 Å². The Hall–Kier alpha value is -1.99. The smallest absolute Gasteiger partial charge is 0.327 e. The first-order chi connectivity index (χ1) is 6.74. The zero-order valence-electron chi connectivity index (χ0n) is 7.84. The molecule has 0 unspecified atom stereocenters. The van der Waals surface area contributed by atoms with E-state index in [0.717, 1.165) is 11.8 Å². The number of hydrogen-bond acceptors (Lipinski definition) is 1. The van der Waals surface area contributed by atoms with Gasteiger partial charge in [0.25, 0.3) is 5.78 Å². The molecule has 1 aromatic rings. The number of rotatable bonds is 3. The van der Waals surface area contributed by atoms with E-state index in [1.165, 1.54) is 0 Å². The summed E-state index contributed by atoms with van der Waals surface area (Å²) in [4.78, 5) is 13.9. The summed E-state index contributed by atoms with van der Waals surface area (Å²) in [6, 6.07) is 9.48. The maximum Gasteiger partial charge on any atom is 0.327 e. The molecule has 0 saturated carbocycles. The van der Waals surface area contributed by atoms with E-state index in [1.807, 2.05) is 30.3 Å². The van der Waals surface area contributed by atoms with Crippen molar-refractivity contribution in [2.45, 2.75) is 6.92 Å². The Kier molecular flexibility index (Phi) is 3.53. The van der Waals surface area contributed by atoms with Crippen LogP contribution in [-0.4, -0.2) is 16.8 Å². The first-order valence-electron chi connectivity index (χ1n) is 4.19. The molecule has 0 N–H and O–H groups in total. The lowest BCUT2D eigenvalue weighted by Crippen LogP contribution is -2.00. The lowest BCUT2D eigenvalue weighted by molar-refractivity contribution is -0.112. The molecule has 1 aromatic carbocycles. The third kappa shape index (κ3) is 2.81. The van der Waals surface area contributed by atoms with Gasteiger partial charge in [0.2, 0.25) is 0 Å². The van der Waals surface area contributed by atoms with Crippen molar-refractivity contribution in [2.24, 2.45) is 0 Å². The molecule has 0 radical (unpaired) electrons. The van der Waals surface area contributed by atoms with Crippen LogP contribution in [0.2, 0.25) is 0 Å². The molecule has 0 fully saturated rings. The van der Waals surface area contributed by atoms with E-state index in [-0.39, 0.29) is 5.78 Å². The summed E-state index contributed by atoms with van der Waals surface area (Å²) in [5.41, 5.74) is 9.66. The van der Waals surface area contributed by atoms with Crippen LogP contribution in [0, 0.1) is 0 Å². The summed E-state index contributed by atoms with van der Waals surface area (Å²) in [5, 5.41) is 0. The summed E-state index contributed by atoms with van der Waals surface area (Å²) in [5.74, 6) is -0.295. The molecule has 0 amide bonds. The summed E-state index contributed by atoms with van der Waals surface area (Å²) in [7, 11) is 0. The molecule has 0 heterocycles. The molecule has 1 rings (SSSR count). The van der Waals surface area contributed by atoms with Crippen LogP contribution >= 0.6 is 0 Å². The molecular formula is C11H10N2O. The molecule has 0 bridgehead atoms. The quantitative estimate of drug-likeness (QED) is 0.308. The molecule has 0 saturated heterocycles. The van der Waals surface area contributed by atoms with E-state index in [1.54, 1.807) is 13.0 Å². The van der Waals surface area contributed by atoms with Crippen molar-refractivity contribution in [3.8, 4) is 0 Å². The van der Waals surface area contributed by atoms with Gasteiger partial charge in [0.05, 0.1) is 0 Å². The number of nitrogens with zero attached hydrogens (tertiary/aromatic N) is 2. The van der Waals surface area contributed by atoms with E-state index < -0.39 is 0 Å². The Morgan fingerprint density at radius 3 is 2.57 bits per heavy atom. The Morgan fingerprint density at radius 1 is 1.36 bits per heavy atom. The summed E-state index contributed by atoms with van der Waals surface area (Å²) >= 11 is 0. The summed E-state index contributed by atoms with van der Waals surface area (Å²) < 4.78 is 0. The second kappa shape index (κ2) is 4.90. The molecule has 70 valence electrons. The molecule has 0 aliphatic heterocycles. The molecule has 0 aliphatic carbocycles. The topological polar surface area (TPSA) is 53.5 Å². The zero-order chi connectivity index (χ0) is 10.4. The fraction of sp³-hybridized carbons (Fsp3) is 0.0909. The number of benzene rings is 1. The molecule has 3 heteroatoms. The Morgan fingerprint density at radius 2 is 2.00 bits per heavy atom. The number of ketones is 1. The van der Waals surface area contributed by atoms with Gasteiger partial charge in [-0.25, -0.2) is 0 Å². The number of allylic oxidation sites excluding steroid dienone is 1. The van der Waals surface area contributed by atoms with Gasteiger partial charge in [0.1, 0.15) is 0 Å². The molecule has 0 atom stereocenters. The molecular weight excluding hydrogens is 176 g/mol. The van der Waals surface area contributed by atoms with Crippen molar-refractivity contribution in [1.82, 2.24) is 0 Å². The van der Waals surface area contributed by atoms with Gasteiger partial charge >= 0.3 is 6.21 Å². The molecule has 14 heavy (non-hydrogen) atoms. The highest BCUT2D eigenvalue weighted by atomic mass is 16.1. The van der Waals surface area contributed by atoms with E-state index >= 15 is 0 Å². The first kappa shape index (κ1) is 10.1. The summed E-state index contributed by atoms with van der Waals surface area (Å²) in [6.07, 6.45) is 2.62. The van der Waals surface area contributed by atoms with E-state index in [9.17, 15) is 4.79 Å². The van der Waals surface area contributed by atoms with Crippen LogP contribution in [0.4, 0.5) is 0 Å². The Labute approximate surface area is 82.3 Å². The minimum absolute atomic E-state index is 0.295. The van der Waals surface area contributed by atoms with Crippen molar-refractivity contribution in [1.29, 1.82) is 0 Å². The van der Waals surface area contributed by atoms with Crippen LogP contribution in [0.15, 0.2) is 35.9 Å². The van der Waals surface area contributed by atoms with E-state index in [0.29, 0.717) is 5.57 Å². The Bertz CT molecular complexity index is 401. The third-order valence-electron chi connectivity index (χ3n) is 1.75. The Balaban J connectivity index is 2.89. The van der Waals surface area contributed by atoms with Crippen LogP contribution in [0.5, 0.6) is 0 Å². The normalized spacial score (nSPS) is 10.5. The van der Waals surface area contributed by atoms with Crippen molar-refractivity contribution in [2.75, 3.05) is 0 Å². The second-order valence-electron chi connectivity index (χ2n) is 2.85. The first-order valence-corrected chi connectivity index (χ1v) is 4.19. The van der Waals surface area contributed by atoms with Crippen LogP contribution < -0.4 is 0 Å². The van der Waals surface area contributed by atoms with Gasteiger partial charge in [0.15, 0.2) is 0 Å². The second-order valence-corrected chi connectivity index (χ2v) is 2.85. The van der Waals surface area contributed by atoms with E-state index in [2.05, 4.69) is 4.79 Å². The average molecular weight is 186 g/mol. The number of carbonyl (C=O) groups is 1. The van der Waals surface area contributed by atoms with Gasteiger partial charge in [0, 0.05) is 5.57 Å². The lowest BCUT2D eigenvalue weighted by Gasteiger charge is -1.93. The standard InChI is InChI=1S/C11H10N2O/c1-9(11(14)8-13-12)7-10-5-3-2-4-6-10/h2-8H,1H3/b9-7-. The largest absolute Gasteiger partial charge is 0.361 e. The molecule has 0 aliphatic rings. The van der Waals surface area contributed by atoms with Gasteiger partial charge in [-0.05, 0) is 18.6 Å². The van der Waals surface area contributed by atoms with E-state index in [4.69, 9.17) is 5.53 Å². The maximum absolute atomic E-state index is 11.2. The maximum atomic E-state index is 11.2. The predicted molar refractivity (Wildman–Crippen MR) is 54.8 cm³/mol. The lowest BCUT2D eigenvalue weighted by atomic mass is 10.1. The SMILES string of the molecule is C/C(=C/c1ccccc1)C(=O)C=[N+]=[N-]. The highest BCUT2D eigenvalue weighted by Gasteiger charge is 2.04. The monoisotopic (exact) mass is 186 g/mol. The molecule has 3 nitrogen and oxygen atoms in total. The van der Waals surface area contributed by atoms with Crippen LogP contribution in [0.25, 0.3) is 11.6 Å². The van der Waals surface area contributed by atoms with Crippen molar-refractivity contribution >= 4 is 18.1 Å². The van der Waals surface area contributed by atoms with Gasteiger partial charge in [-0.3, -0.25) is 4.79 Å². The highest BCUT2D eigenvalue weighted by Crippen LogP contribution is 2.05. The zero-order valence-corrected chi connectivity index (χ0v) is 7.84. The number of carbonyl (C=O) groups excluding carboxylic acids is 1. The van der Waals surface area contributed by atoms with Crippen LogP contribution in [0.1, 0.15) is 12.5 Å². The minimum Gasteiger partial charge on any atom is -0.361 e. The van der Waals surface area contributed by atoms with Crippen molar-refractivity contribution in [3.63, 3.8) is 0 Å². The minimum atomic E-state index is -0.295. The van der Waals surface area contributed by atoms with Crippen molar-refractivity contribution < 1.29 is 9.58 Å². The van der Waals surface area contributed by atoms with Crippen LogP contribution in [0.3, 0.4) is 0 Å². The van der Waals surface area contributed by atoms with Gasteiger partial charge in [-0.1, -0.05) is 30.3 Å². The fourth-order valence-electron chi connectivity index (χ4n) is 1.02. The van der Waals surface area contributed by atoms with Gasteiger partial charge in [-0.15, -0.1) is 0 Å². The van der Waals surface area contributed by atoms with Crippen molar-refractivity contribution in [3.05, 3.63) is 47.0 Å². The number of Topliss-reactive ketones (excluding diaryl/α,β-unsaturated/α-hetero) is 1. The summed E-state index contributed by atoms with van der Waals surface area (Å²) in [6.45, 7) is 1.68. The predicted octanol–water partition coefficient (Wildman–Crippen LogP) is 1.96. The highest BCUT2D eigenvalue weighted by molar-refractivity contribution is 6.34. The van der Waals surface area contributed by atoms with Gasteiger partial charge in [-0.2, -0.15) is 4.79 Å². The fourth-order valence-corrected chi connectivity index (χ4v) is 1.02. The molecule has 0 spiro atoms. The number of hydrogen-bond donors (Lipinski definition) is 0. The van der Waals surface area contributed by atoms with Crippen LogP contribution in [-0.2, 0) is 4.79 Å².